The van der Waals surface area contributed by atoms with E-state index in [-0.39, 0.29) is 12.5 Å². The zero-order valence-electron chi connectivity index (χ0n) is 18.1. The third kappa shape index (κ3) is 7.75. The summed E-state index contributed by atoms with van der Waals surface area (Å²) in [5.41, 5.74) is 2.69. The SMILES string of the molecule is CN(CC(C(=O)NO)C(CCCc1ccc(Cl)cc1)C(=O)N1CCCCC1)S(C)(=O)=O. The maximum absolute atomic E-state index is 13.4. The second-order valence-corrected chi connectivity index (χ2v) is 10.7. The second-order valence-electron chi connectivity index (χ2n) is 8.14. The van der Waals surface area contributed by atoms with Gasteiger partial charge in [-0.3, -0.25) is 14.8 Å². The fourth-order valence-electron chi connectivity index (χ4n) is 3.91. The molecular weight excluding hydrogens is 442 g/mol. The van der Waals surface area contributed by atoms with Gasteiger partial charge in [-0.05, 0) is 56.2 Å². The first-order chi connectivity index (χ1) is 14.6. The average molecular weight is 474 g/mol. The first kappa shape index (κ1) is 25.6. The van der Waals surface area contributed by atoms with Crippen LogP contribution in [0.1, 0.15) is 37.7 Å². The maximum atomic E-state index is 13.4. The first-order valence-corrected chi connectivity index (χ1v) is 12.7. The zero-order valence-corrected chi connectivity index (χ0v) is 19.7. The molecule has 2 rings (SSSR count). The number of piperidine rings is 1. The van der Waals surface area contributed by atoms with Gasteiger partial charge in [0.1, 0.15) is 0 Å². The molecule has 10 heteroatoms. The standard InChI is InChI=1S/C21H32ClN3O5S/c1-24(31(2,29)30)15-19(20(26)23-28)18(21(27)25-13-4-3-5-14-25)8-6-7-16-9-11-17(22)12-10-16/h9-12,18-19,28H,3-8,13-15H2,1-2H3,(H,23,26). The molecule has 0 aliphatic carbocycles. The number of likely N-dealkylation sites (tertiary alicyclic amines) is 1. The van der Waals surface area contributed by atoms with Crippen molar-refractivity contribution in [2.45, 2.75) is 38.5 Å². The van der Waals surface area contributed by atoms with E-state index in [1.165, 1.54) is 7.05 Å². The van der Waals surface area contributed by atoms with Crippen LogP contribution in [0.5, 0.6) is 0 Å². The minimum Gasteiger partial charge on any atom is -0.342 e. The number of hydrogen-bond acceptors (Lipinski definition) is 5. The third-order valence-corrected chi connectivity index (χ3v) is 7.36. The molecule has 8 nitrogen and oxygen atoms in total. The lowest BCUT2D eigenvalue weighted by Gasteiger charge is -2.34. The highest BCUT2D eigenvalue weighted by atomic mass is 35.5. The predicted molar refractivity (Wildman–Crippen MR) is 119 cm³/mol. The molecule has 0 saturated carbocycles. The molecule has 1 aliphatic rings. The molecule has 2 amide bonds. The maximum Gasteiger partial charge on any atom is 0.248 e. The predicted octanol–water partition coefficient (Wildman–Crippen LogP) is 2.30. The Balaban J connectivity index is 2.21. The normalized spacial score (nSPS) is 16.7. The molecule has 0 radical (unpaired) electrons. The highest BCUT2D eigenvalue weighted by Gasteiger charge is 2.38. The van der Waals surface area contributed by atoms with Crippen LogP contribution in [0.25, 0.3) is 0 Å². The van der Waals surface area contributed by atoms with E-state index in [1.807, 2.05) is 12.1 Å². The van der Waals surface area contributed by atoms with Gasteiger partial charge in [-0.25, -0.2) is 18.2 Å². The van der Waals surface area contributed by atoms with Gasteiger partial charge >= 0.3 is 0 Å². The Morgan fingerprint density at radius 2 is 1.77 bits per heavy atom. The Hall–Kier alpha value is -1.68. The van der Waals surface area contributed by atoms with Gasteiger partial charge in [0.2, 0.25) is 21.8 Å². The number of rotatable bonds is 10. The number of hydroxylamine groups is 1. The molecule has 0 spiro atoms. The topological polar surface area (TPSA) is 107 Å². The van der Waals surface area contributed by atoms with Crippen LogP contribution >= 0.6 is 11.6 Å². The van der Waals surface area contributed by atoms with Crippen LogP contribution < -0.4 is 5.48 Å². The van der Waals surface area contributed by atoms with E-state index in [0.29, 0.717) is 37.4 Å². The van der Waals surface area contributed by atoms with Gasteiger partial charge in [-0.2, -0.15) is 0 Å². The molecule has 0 bridgehead atoms. The van der Waals surface area contributed by atoms with Crippen molar-refractivity contribution in [3.63, 3.8) is 0 Å². The highest BCUT2D eigenvalue weighted by Crippen LogP contribution is 2.26. The molecule has 1 heterocycles. The quantitative estimate of drug-likeness (QED) is 0.400. The molecule has 31 heavy (non-hydrogen) atoms. The lowest BCUT2D eigenvalue weighted by Crippen LogP contribution is -2.49. The summed E-state index contributed by atoms with van der Waals surface area (Å²) in [5.74, 6) is -2.64. The van der Waals surface area contributed by atoms with Crippen LogP contribution in [0.2, 0.25) is 5.02 Å². The van der Waals surface area contributed by atoms with Gasteiger partial charge in [-0.1, -0.05) is 23.7 Å². The number of carbonyl (C=O) groups is 2. The Morgan fingerprint density at radius 3 is 2.32 bits per heavy atom. The van der Waals surface area contributed by atoms with Gasteiger partial charge in [-0.15, -0.1) is 0 Å². The highest BCUT2D eigenvalue weighted by molar-refractivity contribution is 7.88. The summed E-state index contributed by atoms with van der Waals surface area (Å²) in [5, 5.41) is 9.93. The van der Waals surface area contributed by atoms with E-state index >= 15 is 0 Å². The van der Waals surface area contributed by atoms with Crippen molar-refractivity contribution >= 4 is 33.4 Å². The molecular formula is C21H32ClN3O5S. The number of aryl methyl sites for hydroxylation is 1. The van der Waals surface area contributed by atoms with Crippen LogP contribution in [0.4, 0.5) is 0 Å². The van der Waals surface area contributed by atoms with E-state index in [2.05, 4.69) is 0 Å². The van der Waals surface area contributed by atoms with E-state index in [0.717, 1.165) is 35.4 Å². The van der Waals surface area contributed by atoms with Crippen molar-refractivity contribution in [2.75, 3.05) is 32.9 Å². The molecule has 2 N–H and O–H groups in total. The van der Waals surface area contributed by atoms with E-state index < -0.39 is 27.8 Å². The zero-order chi connectivity index (χ0) is 23.0. The molecule has 2 atom stereocenters. The van der Waals surface area contributed by atoms with Crippen LogP contribution in [-0.4, -0.2) is 67.6 Å². The number of carbonyl (C=O) groups excluding carboxylic acids is 2. The van der Waals surface area contributed by atoms with Gasteiger partial charge in [0.25, 0.3) is 0 Å². The molecule has 174 valence electrons. The van der Waals surface area contributed by atoms with Crippen LogP contribution in [-0.2, 0) is 26.0 Å². The van der Waals surface area contributed by atoms with Crippen LogP contribution in [0, 0.1) is 11.8 Å². The molecule has 1 aromatic carbocycles. The molecule has 2 unspecified atom stereocenters. The Kier molecular flexibility index (Phi) is 9.74. The second kappa shape index (κ2) is 11.8. The van der Waals surface area contributed by atoms with Crippen molar-refractivity contribution in [2.24, 2.45) is 11.8 Å². The summed E-state index contributed by atoms with van der Waals surface area (Å²) in [6.07, 6.45) is 5.63. The molecule has 1 saturated heterocycles. The van der Waals surface area contributed by atoms with Crippen molar-refractivity contribution in [3.8, 4) is 0 Å². The number of halogens is 1. The van der Waals surface area contributed by atoms with E-state index in [9.17, 15) is 23.2 Å². The number of benzene rings is 1. The third-order valence-electron chi connectivity index (χ3n) is 5.83. The minimum absolute atomic E-state index is 0.161. The smallest absolute Gasteiger partial charge is 0.248 e. The van der Waals surface area contributed by atoms with Crippen molar-refractivity contribution in [3.05, 3.63) is 34.9 Å². The van der Waals surface area contributed by atoms with Crippen molar-refractivity contribution in [1.82, 2.24) is 14.7 Å². The first-order valence-electron chi connectivity index (χ1n) is 10.5. The van der Waals surface area contributed by atoms with Gasteiger partial charge < -0.3 is 4.90 Å². The molecule has 0 aromatic heterocycles. The summed E-state index contributed by atoms with van der Waals surface area (Å²) in [6.45, 7) is 1.07. The summed E-state index contributed by atoms with van der Waals surface area (Å²) >= 11 is 5.93. The number of nitrogens with zero attached hydrogens (tertiary/aromatic N) is 2. The average Bonchev–Trinajstić information content (AvgIpc) is 2.75. The van der Waals surface area contributed by atoms with E-state index in [4.69, 9.17) is 11.6 Å². The summed E-state index contributed by atoms with van der Waals surface area (Å²) in [6, 6.07) is 7.44. The summed E-state index contributed by atoms with van der Waals surface area (Å²) in [7, 11) is -2.19. The Labute approximate surface area is 189 Å². The largest absolute Gasteiger partial charge is 0.342 e. The van der Waals surface area contributed by atoms with Gasteiger partial charge in [0.05, 0.1) is 18.1 Å². The van der Waals surface area contributed by atoms with Crippen LogP contribution in [0.3, 0.4) is 0 Å². The number of hydrogen-bond donors (Lipinski definition) is 2. The lowest BCUT2D eigenvalue weighted by atomic mass is 9.84. The lowest BCUT2D eigenvalue weighted by molar-refractivity contribution is -0.146. The number of sulfonamides is 1. The van der Waals surface area contributed by atoms with Crippen molar-refractivity contribution < 1.29 is 23.2 Å². The Morgan fingerprint density at radius 1 is 1.16 bits per heavy atom. The van der Waals surface area contributed by atoms with Crippen LogP contribution in [0.15, 0.2) is 24.3 Å². The van der Waals surface area contributed by atoms with Gasteiger partial charge in [0, 0.05) is 31.7 Å². The summed E-state index contributed by atoms with van der Waals surface area (Å²) in [4.78, 5) is 27.6. The molecule has 1 aliphatic heterocycles. The van der Waals surface area contributed by atoms with Gasteiger partial charge in [0.15, 0.2) is 0 Å². The van der Waals surface area contributed by atoms with Crippen molar-refractivity contribution in [1.29, 1.82) is 0 Å². The number of nitrogens with one attached hydrogen (secondary N) is 1. The minimum atomic E-state index is -3.56. The summed E-state index contributed by atoms with van der Waals surface area (Å²) < 4.78 is 24.9. The fourth-order valence-corrected chi connectivity index (χ4v) is 4.47. The Bertz CT molecular complexity index is 841. The number of amides is 2. The molecule has 1 fully saturated rings. The molecule has 1 aromatic rings. The van der Waals surface area contributed by atoms with E-state index in [1.54, 1.807) is 22.5 Å². The fraction of sp³-hybridized carbons (Fsp3) is 0.619. The monoisotopic (exact) mass is 473 g/mol.